The van der Waals surface area contributed by atoms with Crippen LogP contribution >= 0.6 is 0 Å². The van der Waals surface area contributed by atoms with Crippen LogP contribution in [0.25, 0.3) is 0 Å². The van der Waals surface area contributed by atoms with Gasteiger partial charge >= 0.3 is 0 Å². The molecule has 2 unspecified atom stereocenters. The topological polar surface area (TPSA) is 21.3 Å². The van der Waals surface area contributed by atoms with Crippen molar-refractivity contribution in [1.82, 2.24) is 5.32 Å². The zero-order valence-corrected chi connectivity index (χ0v) is 13.4. The first-order valence-corrected chi connectivity index (χ1v) is 8.04. The highest BCUT2D eigenvalue weighted by molar-refractivity contribution is 5.34. The molecule has 0 saturated heterocycles. The predicted molar refractivity (Wildman–Crippen MR) is 85.5 cm³/mol. The van der Waals surface area contributed by atoms with E-state index in [1.165, 1.54) is 31.2 Å². The Bertz CT molecular complexity index is 429. The molecule has 0 aromatic heterocycles. The van der Waals surface area contributed by atoms with E-state index in [0.29, 0.717) is 11.5 Å². The summed E-state index contributed by atoms with van der Waals surface area (Å²) in [6.07, 6.45) is 5.23. The van der Waals surface area contributed by atoms with Crippen molar-refractivity contribution in [3.05, 3.63) is 29.8 Å². The number of hydrogen-bond donors (Lipinski definition) is 1. The van der Waals surface area contributed by atoms with Crippen molar-refractivity contribution >= 4 is 0 Å². The first kappa shape index (κ1) is 15.4. The molecule has 0 heterocycles. The first-order valence-electron chi connectivity index (χ1n) is 8.04. The largest absolute Gasteiger partial charge is 0.491 e. The summed E-state index contributed by atoms with van der Waals surface area (Å²) in [5.41, 5.74) is 1.72. The Balaban J connectivity index is 2.07. The average molecular weight is 275 g/mol. The second kappa shape index (κ2) is 6.62. The third kappa shape index (κ3) is 3.76. The molecule has 0 spiro atoms. The van der Waals surface area contributed by atoms with E-state index in [0.717, 1.165) is 12.3 Å². The lowest BCUT2D eigenvalue weighted by Gasteiger charge is -2.26. The van der Waals surface area contributed by atoms with Gasteiger partial charge in [-0.2, -0.15) is 0 Å². The average Bonchev–Trinajstić information content (AvgIpc) is 2.79. The Hall–Kier alpha value is -1.02. The highest BCUT2D eigenvalue weighted by Crippen LogP contribution is 2.41. The molecule has 1 aromatic carbocycles. The van der Waals surface area contributed by atoms with Crippen molar-refractivity contribution in [2.24, 2.45) is 0 Å². The van der Waals surface area contributed by atoms with E-state index in [-0.39, 0.29) is 6.10 Å². The molecule has 1 saturated carbocycles. The van der Waals surface area contributed by atoms with Gasteiger partial charge in [-0.15, -0.1) is 0 Å². The molecule has 1 aromatic rings. The van der Waals surface area contributed by atoms with Crippen LogP contribution in [-0.4, -0.2) is 18.7 Å². The van der Waals surface area contributed by atoms with Crippen molar-refractivity contribution in [3.8, 4) is 5.75 Å². The minimum atomic E-state index is 0.237. The van der Waals surface area contributed by atoms with Gasteiger partial charge in [0, 0.05) is 6.04 Å². The van der Waals surface area contributed by atoms with E-state index in [4.69, 9.17) is 4.74 Å². The van der Waals surface area contributed by atoms with Crippen molar-refractivity contribution < 1.29 is 4.74 Å². The number of hydrogen-bond acceptors (Lipinski definition) is 2. The first-order chi connectivity index (χ1) is 9.53. The van der Waals surface area contributed by atoms with Crippen LogP contribution in [0.2, 0.25) is 0 Å². The third-order valence-corrected chi connectivity index (χ3v) is 4.33. The molecule has 112 valence electrons. The Morgan fingerprint density at radius 3 is 2.90 bits per heavy atom. The van der Waals surface area contributed by atoms with E-state index >= 15 is 0 Å². The van der Waals surface area contributed by atoms with Gasteiger partial charge in [-0.25, -0.2) is 0 Å². The zero-order chi connectivity index (χ0) is 14.6. The van der Waals surface area contributed by atoms with Crippen LogP contribution in [0.3, 0.4) is 0 Å². The molecule has 1 aliphatic carbocycles. The van der Waals surface area contributed by atoms with E-state index in [9.17, 15) is 0 Å². The number of rotatable bonds is 6. The Labute approximate surface area is 123 Å². The summed E-state index contributed by atoms with van der Waals surface area (Å²) in [5.74, 6) is 1.00. The minimum absolute atomic E-state index is 0.237. The van der Waals surface area contributed by atoms with Crippen molar-refractivity contribution in [1.29, 1.82) is 0 Å². The fourth-order valence-corrected chi connectivity index (χ4v) is 3.24. The second-order valence-corrected chi connectivity index (χ2v) is 6.65. The molecule has 1 aliphatic rings. The maximum Gasteiger partial charge on any atom is 0.119 e. The van der Waals surface area contributed by atoms with Crippen LogP contribution < -0.4 is 10.1 Å². The van der Waals surface area contributed by atoms with Crippen LogP contribution in [0, 0.1) is 0 Å². The van der Waals surface area contributed by atoms with Crippen LogP contribution in [-0.2, 0) is 5.41 Å². The van der Waals surface area contributed by atoms with E-state index in [1.54, 1.807) is 0 Å². The Morgan fingerprint density at radius 2 is 2.20 bits per heavy atom. The molecule has 0 bridgehead atoms. The lowest BCUT2D eigenvalue weighted by atomic mass is 9.81. The predicted octanol–water partition coefficient (Wildman–Crippen LogP) is 4.28. The van der Waals surface area contributed by atoms with Crippen molar-refractivity contribution in [2.45, 2.75) is 70.9 Å². The van der Waals surface area contributed by atoms with Crippen LogP contribution in [0.1, 0.15) is 58.9 Å². The van der Waals surface area contributed by atoms with E-state index in [2.05, 4.69) is 57.3 Å². The van der Waals surface area contributed by atoms with Gasteiger partial charge in [-0.3, -0.25) is 0 Å². The van der Waals surface area contributed by atoms with Gasteiger partial charge in [0.2, 0.25) is 0 Å². The Morgan fingerprint density at radius 1 is 1.40 bits per heavy atom. The van der Waals surface area contributed by atoms with Gasteiger partial charge < -0.3 is 10.1 Å². The maximum absolute atomic E-state index is 5.84. The Kier molecular flexibility index (Phi) is 5.09. The summed E-state index contributed by atoms with van der Waals surface area (Å²) in [6, 6.07) is 9.37. The fourth-order valence-electron chi connectivity index (χ4n) is 3.24. The molecule has 0 aliphatic heterocycles. The molecule has 1 N–H and O–H groups in total. The molecule has 0 amide bonds. The second-order valence-electron chi connectivity index (χ2n) is 6.65. The highest BCUT2D eigenvalue weighted by atomic mass is 16.5. The lowest BCUT2D eigenvalue weighted by Crippen LogP contribution is -2.29. The molecule has 0 radical (unpaired) electrons. The van der Waals surface area contributed by atoms with Crippen LogP contribution in [0.15, 0.2) is 24.3 Å². The standard InChI is InChI=1S/C18H29NO/c1-5-11-19-16-9-10-18(4,13-16)15-7-6-8-17(12-15)20-14(2)3/h6-8,12,14,16,19H,5,9-11,13H2,1-4H3. The fraction of sp³-hybridized carbons (Fsp3) is 0.667. The van der Waals surface area contributed by atoms with E-state index in [1.807, 2.05) is 0 Å². The van der Waals surface area contributed by atoms with Gasteiger partial charge in [0.15, 0.2) is 0 Å². The van der Waals surface area contributed by atoms with Crippen LogP contribution in [0.5, 0.6) is 5.75 Å². The third-order valence-electron chi connectivity index (χ3n) is 4.33. The summed E-state index contributed by atoms with van der Waals surface area (Å²) >= 11 is 0. The van der Waals surface area contributed by atoms with Gasteiger partial charge in [0.25, 0.3) is 0 Å². The normalized spacial score (nSPS) is 26.1. The molecular formula is C18H29NO. The van der Waals surface area contributed by atoms with E-state index < -0.39 is 0 Å². The summed E-state index contributed by atoms with van der Waals surface area (Å²) in [4.78, 5) is 0. The monoisotopic (exact) mass is 275 g/mol. The molecule has 2 nitrogen and oxygen atoms in total. The van der Waals surface area contributed by atoms with Crippen LogP contribution in [0.4, 0.5) is 0 Å². The highest BCUT2D eigenvalue weighted by Gasteiger charge is 2.36. The molecule has 20 heavy (non-hydrogen) atoms. The maximum atomic E-state index is 5.84. The summed E-state index contributed by atoms with van der Waals surface area (Å²) in [7, 11) is 0. The van der Waals surface area contributed by atoms with Gasteiger partial charge in [-0.05, 0) is 69.2 Å². The van der Waals surface area contributed by atoms with Gasteiger partial charge in [0.05, 0.1) is 6.10 Å². The quantitative estimate of drug-likeness (QED) is 0.836. The summed E-state index contributed by atoms with van der Waals surface area (Å²) < 4.78 is 5.84. The van der Waals surface area contributed by atoms with Crippen molar-refractivity contribution in [3.63, 3.8) is 0 Å². The van der Waals surface area contributed by atoms with Gasteiger partial charge in [0.1, 0.15) is 5.75 Å². The van der Waals surface area contributed by atoms with Gasteiger partial charge in [-0.1, -0.05) is 26.0 Å². The molecule has 2 heteroatoms. The minimum Gasteiger partial charge on any atom is -0.491 e. The molecule has 2 rings (SSSR count). The van der Waals surface area contributed by atoms with Crippen molar-refractivity contribution in [2.75, 3.05) is 6.54 Å². The smallest absolute Gasteiger partial charge is 0.119 e. The summed E-state index contributed by atoms with van der Waals surface area (Å²) in [5, 5.41) is 3.67. The summed E-state index contributed by atoms with van der Waals surface area (Å²) in [6.45, 7) is 9.92. The lowest BCUT2D eigenvalue weighted by molar-refractivity contribution is 0.241. The zero-order valence-electron chi connectivity index (χ0n) is 13.4. The number of nitrogens with one attached hydrogen (secondary N) is 1. The number of benzene rings is 1. The molecule has 2 atom stereocenters. The SMILES string of the molecule is CCCNC1CCC(C)(c2cccc(OC(C)C)c2)C1. The molecule has 1 fully saturated rings. The number of ether oxygens (including phenoxy) is 1. The molecular weight excluding hydrogens is 246 g/mol.